The van der Waals surface area contributed by atoms with Gasteiger partial charge in [-0.15, -0.1) is 0 Å². The zero-order valence-electron chi connectivity index (χ0n) is 13.7. The molecule has 26 heavy (non-hydrogen) atoms. The van der Waals surface area contributed by atoms with Crippen LogP contribution in [0.5, 0.6) is 5.88 Å². The molecule has 0 bridgehead atoms. The van der Waals surface area contributed by atoms with Crippen molar-refractivity contribution in [2.75, 3.05) is 12.4 Å². The summed E-state index contributed by atoms with van der Waals surface area (Å²) in [6.45, 7) is 0. The van der Waals surface area contributed by atoms with Gasteiger partial charge in [0.2, 0.25) is 5.88 Å². The van der Waals surface area contributed by atoms with E-state index < -0.39 is 18.1 Å². The van der Waals surface area contributed by atoms with Gasteiger partial charge in [-0.3, -0.25) is 4.99 Å². The van der Waals surface area contributed by atoms with Gasteiger partial charge in [-0.1, -0.05) is 48.5 Å². The maximum Gasteiger partial charge on any atom is 0.433 e. The number of alkyl halides is 3. The molecule has 0 aliphatic carbocycles. The van der Waals surface area contributed by atoms with E-state index in [9.17, 15) is 13.2 Å². The summed E-state index contributed by atoms with van der Waals surface area (Å²) in [5, 5.41) is 3.71. The summed E-state index contributed by atoms with van der Waals surface area (Å²) in [5.41, 5.74) is 0.357. The maximum absolute atomic E-state index is 13.8. The minimum atomic E-state index is -4.64. The number of benzene rings is 2. The van der Waals surface area contributed by atoms with Gasteiger partial charge in [0, 0.05) is 5.39 Å². The molecule has 7 heteroatoms. The molecule has 0 saturated carbocycles. The molecule has 1 atom stereocenters. The summed E-state index contributed by atoms with van der Waals surface area (Å²) in [5.74, 6) is -0.103. The van der Waals surface area contributed by atoms with Crippen molar-refractivity contribution in [3.63, 3.8) is 0 Å². The molecule has 4 nitrogen and oxygen atoms in total. The normalized spacial score (nSPS) is 16.6. The Morgan fingerprint density at radius 3 is 2.38 bits per heavy atom. The van der Waals surface area contributed by atoms with Gasteiger partial charge in [-0.25, -0.2) is 4.98 Å². The first kappa shape index (κ1) is 16.4. The molecular weight excluding hydrogens is 343 g/mol. The van der Waals surface area contributed by atoms with Gasteiger partial charge in [0.1, 0.15) is 6.17 Å². The fourth-order valence-corrected chi connectivity index (χ4v) is 3.08. The topological polar surface area (TPSA) is 46.5 Å². The second-order valence-corrected chi connectivity index (χ2v) is 5.82. The van der Waals surface area contributed by atoms with Gasteiger partial charge >= 0.3 is 6.18 Å². The van der Waals surface area contributed by atoms with Crippen LogP contribution in [0.1, 0.15) is 17.3 Å². The lowest BCUT2D eigenvalue weighted by atomic mass is 10.0. The number of nitrogens with zero attached hydrogens (tertiary/aromatic N) is 2. The Bertz CT molecular complexity index is 1000. The van der Waals surface area contributed by atoms with Gasteiger partial charge in [-0.05, 0) is 11.6 Å². The third kappa shape index (κ3) is 2.65. The number of aromatic nitrogens is 1. The van der Waals surface area contributed by atoms with Crippen molar-refractivity contribution in [3.05, 3.63) is 65.7 Å². The molecule has 0 fully saturated rings. The van der Waals surface area contributed by atoms with Crippen LogP contribution in [0.2, 0.25) is 0 Å². The van der Waals surface area contributed by atoms with Crippen molar-refractivity contribution in [2.24, 2.45) is 4.99 Å². The van der Waals surface area contributed by atoms with E-state index in [-0.39, 0.29) is 11.4 Å². The Labute approximate surface area is 147 Å². The lowest BCUT2D eigenvalue weighted by Crippen LogP contribution is -2.31. The quantitative estimate of drug-likeness (QED) is 0.722. The number of methoxy groups -OCH3 is 1. The molecular formula is C19H14F3N3O. The molecule has 0 spiro atoms. The van der Waals surface area contributed by atoms with Crippen molar-refractivity contribution in [2.45, 2.75) is 12.3 Å². The Balaban J connectivity index is 2.02. The van der Waals surface area contributed by atoms with Crippen LogP contribution >= 0.6 is 0 Å². The van der Waals surface area contributed by atoms with Crippen LogP contribution in [0.3, 0.4) is 0 Å². The van der Waals surface area contributed by atoms with Crippen molar-refractivity contribution in [1.82, 2.24) is 4.98 Å². The number of anilines is 1. The van der Waals surface area contributed by atoms with Crippen LogP contribution in [0.4, 0.5) is 18.9 Å². The Morgan fingerprint density at radius 2 is 1.69 bits per heavy atom. The standard InChI is InChI=1S/C19H14F3N3O/c1-26-18-14-15(12-9-5-6-10-13(12)23-18)24-17(11-7-3-2-4-8-11)25-16(14)19(20,21)22/h2-10,17,24H,1H3. The summed E-state index contributed by atoms with van der Waals surface area (Å²) in [6.07, 6.45) is -5.49. The number of pyridine rings is 1. The van der Waals surface area contributed by atoms with E-state index in [0.717, 1.165) is 0 Å². The zero-order chi connectivity index (χ0) is 18.3. The highest BCUT2D eigenvalue weighted by Crippen LogP contribution is 2.42. The number of nitrogens with one attached hydrogen (secondary N) is 1. The first-order valence-corrected chi connectivity index (χ1v) is 7.92. The average Bonchev–Trinajstić information content (AvgIpc) is 2.66. The third-order valence-electron chi connectivity index (χ3n) is 4.21. The van der Waals surface area contributed by atoms with Crippen LogP contribution in [0, 0.1) is 0 Å². The Morgan fingerprint density at radius 1 is 1.00 bits per heavy atom. The molecule has 132 valence electrons. The van der Waals surface area contributed by atoms with E-state index in [1.165, 1.54) is 7.11 Å². The third-order valence-corrected chi connectivity index (χ3v) is 4.21. The number of para-hydroxylation sites is 1. The van der Waals surface area contributed by atoms with E-state index in [0.29, 0.717) is 22.2 Å². The molecule has 4 rings (SSSR count). The Kier molecular flexibility index (Phi) is 3.79. The highest BCUT2D eigenvalue weighted by molar-refractivity contribution is 6.16. The SMILES string of the molecule is COc1nc2ccccc2c2c1C(C(F)(F)F)=NC(c1ccccc1)N2. The van der Waals surface area contributed by atoms with E-state index in [2.05, 4.69) is 15.3 Å². The van der Waals surface area contributed by atoms with Gasteiger partial charge < -0.3 is 10.1 Å². The summed E-state index contributed by atoms with van der Waals surface area (Å²) in [4.78, 5) is 8.17. The molecule has 1 aliphatic rings. The molecule has 1 N–H and O–H groups in total. The number of halogens is 3. The monoisotopic (exact) mass is 357 g/mol. The number of ether oxygens (including phenoxy) is 1. The summed E-state index contributed by atoms with van der Waals surface area (Å²) in [6, 6.07) is 15.8. The van der Waals surface area contributed by atoms with Crippen LogP contribution in [-0.4, -0.2) is 24.0 Å². The van der Waals surface area contributed by atoms with Crippen molar-refractivity contribution < 1.29 is 17.9 Å². The summed E-state index contributed by atoms with van der Waals surface area (Å²) in [7, 11) is 1.30. The van der Waals surface area contributed by atoms with Gasteiger partial charge in [0.05, 0.1) is 23.9 Å². The van der Waals surface area contributed by atoms with Gasteiger partial charge in [0.15, 0.2) is 5.71 Å². The van der Waals surface area contributed by atoms with Crippen LogP contribution < -0.4 is 10.1 Å². The minimum absolute atomic E-state index is 0.103. The highest BCUT2D eigenvalue weighted by Gasteiger charge is 2.43. The fourth-order valence-electron chi connectivity index (χ4n) is 3.08. The largest absolute Gasteiger partial charge is 0.480 e. The van der Waals surface area contributed by atoms with Gasteiger partial charge in [-0.2, -0.15) is 13.2 Å². The number of rotatable bonds is 2. The molecule has 2 heterocycles. The van der Waals surface area contributed by atoms with Crippen molar-refractivity contribution >= 4 is 22.3 Å². The first-order valence-electron chi connectivity index (χ1n) is 7.92. The predicted molar refractivity (Wildman–Crippen MR) is 93.7 cm³/mol. The minimum Gasteiger partial charge on any atom is -0.480 e. The summed E-state index contributed by atoms with van der Waals surface area (Å²) >= 11 is 0. The van der Waals surface area contributed by atoms with E-state index >= 15 is 0 Å². The van der Waals surface area contributed by atoms with E-state index in [4.69, 9.17) is 4.74 Å². The molecule has 3 aromatic rings. The lowest BCUT2D eigenvalue weighted by Gasteiger charge is -2.28. The van der Waals surface area contributed by atoms with Crippen molar-refractivity contribution in [3.8, 4) is 5.88 Å². The van der Waals surface area contributed by atoms with Crippen LogP contribution in [0.25, 0.3) is 10.9 Å². The average molecular weight is 357 g/mol. The number of fused-ring (bicyclic) bond motifs is 3. The highest BCUT2D eigenvalue weighted by atomic mass is 19.4. The molecule has 2 aromatic carbocycles. The van der Waals surface area contributed by atoms with Crippen LogP contribution in [0.15, 0.2) is 59.6 Å². The fraction of sp³-hybridized carbons (Fsp3) is 0.158. The molecule has 0 amide bonds. The molecule has 1 aromatic heterocycles. The zero-order valence-corrected chi connectivity index (χ0v) is 13.7. The first-order chi connectivity index (χ1) is 12.5. The van der Waals surface area contributed by atoms with Gasteiger partial charge in [0.25, 0.3) is 0 Å². The molecule has 1 unspecified atom stereocenters. The predicted octanol–water partition coefficient (Wildman–Crippen LogP) is 4.72. The second-order valence-electron chi connectivity index (χ2n) is 5.82. The second kappa shape index (κ2) is 6.01. The Hall–Kier alpha value is -3.09. The lowest BCUT2D eigenvalue weighted by molar-refractivity contribution is -0.0586. The number of hydrogen-bond donors (Lipinski definition) is 1. The van der Waals surface area contributed by atoms with Crippen molar-refractivity contribution in [1.29, 1.82) is 0 Å². The number of hydrogen-bond acceptors (Lipinski definition) is 4. The summed E-state index contributed by atoms with van der Waals surface area (Å²) < 4.78 is 46.5. The molecule has 0 radical (unpaired) electrons. The van der Waals surface area contributed by atoms with E-state index in [1.54, 1.807) is 54.6 Å². The van der Waals surface area contributed by atoms with E-state index in [1.807, 2.05) is 0 Å². The maximum atomic E-state index is 13.8. The number of aliphatic imine (C=N–C) groups is 1. The molecule has 1 aliphatic heterocycles. The van der Waals surface area contributed by atoms with Crippen LogP contribution in [-0.2, 0) is 0 Å². The molecule has 0 saturated heterocycles. The smallest absolute Gasteiger partial charge is 0.433 e.